The Balaban J connectivity index is 1.48. The average Bonchev–Trinajstić information content (AvgIpc) is 3.36. The zero-order valence-electron chi connectivity index (χ0n) is 20.0. The molecule has 10 heteroatoms. The molecule has 1 fully saturated rings. The van der Waals surface area contributed by atoms with Crippen molar-refractivity contribution in [3.63, 3.8) is 0 Å². The first-order valence-electron chi connectivity index (χ1n) is 11.8. The Bertz CT molecular complexity index is 1190. The van der Waals surface area contributed by atoms with Crippen LogP contribution in [-0.2, 0) is 17.7 Å². The Morgan fingerprint density at radius 1 is 1.17 bits per heavy atom. The molecule has 2 amide bonds. The van der Waals surface area contributed by atoms with Crippen molar-refractivity contribution < 1.29 is 18.7 Å². The van der Waals surface area contributed by atoms with Gasteiger partial charge in [-0.3, -0.25) is 9.78 Å². The van der Waals surface area contributed by atoms with E-state index in [1.165, 1.54) is 19.2 Å². The smallest absolute Gasteiger partial charge is 0.407 e. The van der Waals surface area contributed by atoms with Gasteiger partial charge in [0.2, 0.25) is 0 Å². The van der Waals surface area contributed by atoms with Crippen LogP contribution in [0.1, 0.15) is 27.9 Å². The van der Waals surface area contributed by atoms with E-state index in [1.54, 1.807) is 30.6 Å². The van der Waals surface area contributed by atoms with E-state index < -0.39 is 6.09 Å². The van der Waals surface area contributed by atoms with Crippen LogP contribution >= 0.6 is 0 Å². The van der Waals surface area contributed by atoms with Crippen LogP contribution in [0.15, 0.2) is 60.9 Å². The van der Waals surface area contributed by atoms with Gasteiger partial charge in [0, 0.05) is 38.6 Å². The first-order chi connectivity index (χ1) is 17.5. The number of nitrogens with one attached hydrogen (secondary N) is 3. The van der Waals surface area contributed by atoms with Crippen LogP contribution in [0.3, 0.4) is 0 Å². The molecule has 4 rings (SSSR count). The maximum absolute atomic E-state index is 13.5. The Morgan fingerprint density at radius 2 is 2.03 bits per heavy atom. The summed E-state index contributed by atoms with van der Waals surface area (Å²) >= 11 is 0. The van der Waals surface area contributed by atoms with E-state index in [-0.39, 0.29) is 17.8 Å². The summed E-state index contributed by atoms with van der Waals surface area (Å²) in [4.78, 5) is 35.4. The Labute approximate surface area is 209 Å². The number of nitrogens with zero attached hydrogens (tertiary/aromatic N) is 3. The molecule has 0 spiro atoms. The maximum Gasteiger partial charge on any atom is 0.407 e. The molecule has 0 saturated carbocycles. The zero-order chi connectivity index (χ0) is 25.3. The van der Waals surface area contributed by atoms with Crippen LogP contribution in [0.5, 0.6) is 0 Å². The molecule has 188 valence electrons. The number of benzene rings is 1. The molecule has 1 aliphatic rings. The normalized spacial score (nSPS) is 14.8. The third kappa shape index (κ3) is 6.68. The van der Waals surface area contributed by atoms with Gasteiger partial charge >= 0.3 is 6.09 Å². The molecule has 2 aromatic heterocycles. The van der Waals surface area contributed by atoms with Crippen molar-refractivity contribution in [1.82, 2.24) is 20.6 Å². The van der Waals surface area contributed by atoms with Gasteiger partial charge in [-0.2, -0.15) is 0 Å². The molecule has 3 aromatic rings. The van der Waals surface area contributed by atoms with E-state index in [9.17, 15) is 14.0 Å². The zero-order valence-corrected chi connectivity index (χ0v) is 20.0. The Hall–Kier alpha value is -4.21. The van der Waals surface area contributed by atoms with Gasteiger partial charge in [-0.05, 0) is 54.3 Å². The molecule has 1 aliphatic heterocycles. The minimum absolute atomic E-state index is 0.0499. The Morgan fingerprint density at radius 3 is 2.81 bits per heavy atom. The van der Waals surface area contributed by atoms with E-state index in [0.717, 1.165) is 17.5 Å². The number of anilines is 2. The molecule has 3 N–H and O–H groups in total. The lowest BCUT2D eigenvalue weighted by Crippen LogP contribution is -2.37. The van der Waals surface area contributed by atoms with E-state index in [2.05, 4.69) is 25.8 Å². The van der Waals surface area contributed by atoms with Crippen molar-refractivity contribution in [2.75, 3.05) is 37.0 Å². The number of methoxy groups -OCH3 is 1. The standard InChI is InChI=1S/C26H29FN6O3/c1-36-26(35)31-21-10-13-33(17-21)23-8-7-22(25(34)30-16-19-5-3-11-28-15-19)24(32-23)29-12-9-18-4-2-6-20(27)14-18/h2-8,11,14-15,21H,9-10,12-13,16-17H2,1H3,(H,29,32)(H,30,34)(H,31,35)/t21-/m1/s1. The second-order valence-corrected chi connectivity index (χ2v) is 8.48. The number of ether oxygens (including phenoxy) is 1. The number of carbonyl (C=O) groups is 2. The highest BCUT2D eigenvalue weighted by Gasteiger charge is 2.26. The fourth-order valence-corrected chi connectivity index (χ4v) is 4.05. The van der Waals surface area contributed by atoms with Crippen LogP contribution in [0, 0.1) is 5.82 Å². The molecule has 1 atom stereocenters. The Kier molecular flexibility index (Phi) is 8.28. The molecule has 9 nitrogen and oxygen atoms in total. The van der Waals surface area contributed by atoms with E-state index in [4.69, 9.17) is 9.72 Å². The van der Waals surface area contributed by atoms with Crippen molar-refractivity contribution in [3.8, 4) is 0 Å². The number of carbonyl (C=O) groups excluding carboxylic acids is 2. The number of hydrogen-bond acceptors (Lipinski definition) is 7. The summed E-state index contributed by atoms with van der Waals surface area (Å²) < 4.78 is 18.2. The second-order valence-electron chi connectivity index (χ2n) is 8.48. The predicted octanol–water partition coefficient (Wildman–Crippen LogP) is 3.14. The lowest BCUT2D eigenvalue weighted by atomic mass is 10.1. The van der Waals surface area contributed by atoms with E-state index in [0.29, 0.717) is 49.8 Å². The highest BCUT2D eigenvalue weighted by molar-refractivity contribution is 5.99. The summed E-state index contributed by atoms with van der Waals surface area (Å²) in [5.74, 6) is 0.586. The molecular weight excluding hydrogens is 463 g/mol. The molecule has 1 saturated heterocycles. The monoisotopic (exact) mass is 492 g/mol. The summed E-state index contributed by atoms with van der Waals surface area (Å²) in [7, 11) is 1.34. The van der Waals surface area contributed by atoms with Crippen molar-refractivity contribution in [1.29, 1.82) is 0 Å². The number of pyridine rings is 2. The fraction of sp³-hybridized carbons (Fsp3) is 0.308. The van der Waals surface area contributed by atoms with Gasteiger partial charge in [-0.1, -0.05) is 18.2 Å². The van der Waals surface area contributed by atoms with Gasteiger partial charge in [-0.25, -0.2) is 14.2 Å². The number of halogens is 1. The summed E-state index contributed by atoms with van der Waals surface area (Å²) in [6.07, 6.45) is 4.24. The molecule has 0 bridgehead atoms. The van der Waals surface area contributed by atoms with E-state index in [1.807, 2.05) is 18.2 Å². The van der Waals surface area contributed by atoms with Crippen molar-refractivity contribution >= 4 is 23.6 Å². The first kappa shape index (κ1) is 24.9. The minimum Gasteiger partial charge on any atom is -0.453 e. The lowest BCUT2D eigenvalue weighted by molar-refractivity contribution is 0.0951. The molecule has 0 unspecified atom stereocenters. The maximum atomic E-state index is 13.5. The topological polar surface area (TPSA) is 108 Å². The van der Waals surface area contributed by atoms with Gasteiger partial charge in [0.25, 0.3) is 5.91 Å². The van der Waals surface area contributed by atoms with Gasteiger partial charge in [-0.15, -0.1) is 0 Å². The number of amides is 2. The fourth-order valence-electron chi connectivity index (χ4n) is 4.05. The molecule has 3 heterocycles. The van der Waals surface area contributed by atoms with Crippen molar-refractivity contribution in [2.24, 2.45) is 0 Å². The molecule has 1 aromatic carbocycles. The SMILES string of the molecule is COC(=O)N[C@@H]1CCN(c2ccc(C(=O)NCc3cccnc3)c(NCCc3cccc(F)c3)n2)C1. The van der Waals surface area contributed by atoms with Crippen LogP contribution < -0.4 is 20.9 Å². The quantitative estimate of drug-likeness (QED) is 0.421. The number of rotatable bonds is 9. The average molecular weight is 493 g/mol. The van der Waals surface area contributed by atoms with Crippen LogP contribution in [0.4, 0.5) is 20.8 Å². The van der Waals surface area contributed by atoms with Gasteiger partial charge in [0.1, 0.15) is 17.5 Å². The van der Waals surface area contributed by atoms with E-state index >= 15 is 0 Å². The highest BCUT2D eigenvalue weighted by atomic mass is 19.1. The van der Waals surface area contributed by atoms with Crippen molar-refractivity contribution in [2.45, 2.75) is 25.4 Å². The third-order valence-corrected chi connectivity index (χ3v) is 5.92. The van der Waals surface area contributed by atoms with Gasteiger partial charge in [0.15, 0.2) is 0 Å². The van der Waals surface area contributed by atoms with Gasteiger partial charge in [0.05, 0.1) is 18.7 Å². The summed E-state index contributed by atoms with van der Waals surface area (Å²) in [6, 6.07) is 13.6. The van der Waals surface area contributed by atoms with Crippen molar-refractivity contribution in [3.05, 3.63) is 83.4 Å². The number of aromatic nitrogens is 2. The van der Waals surface area contributed by atoms with Gasteiger partial charge < -0.3 is 25.6 Å². The second kappa shape index (κ2) is 12.0. The first-order valence-corrected chi connectivity index (χ1v) is 11.8. The molecule has 0 radical (unpaired) electrons. The molecule has 36 heavy (non-hydrogen) atoms. The molecule has 0 aliphatic carbocycles. The number of hydrogen-bond donors (Lipinski definition) is 3. The van der Waals surface area contributed by atoms with Crippen LogP contribution in [-0.4, -0.2) is 54.8 Å². The predicted molar refractivity (Wildman–Crippen MR) is 134 cm³/mol. The summed E-state index contributed by atoms with van der Waals surface area (Å²) in [5.41, 5.74) is 2.14. The third-order valence-electron chi connectivity index (χ3n) is 5.92. The molecular formula is C26H29FN6O3. The number of alkyl carbamates (subject to hydrolysis) is 1. The summed E-state index contributed by atoms with van der Waals surface area (Å²) in [6.45, 7) is 2.09. The summed E-state index contributed by atoms with van der Waals surface area (Å²) in [5, 5.41) is 8.98. The lowest BCUT2D eigenvalue weighted by Gasteiger charge is -2.20. The highest BCUT2D eigenvalue weighted by Crippen LogP contribution is 2.23. The minimum atomic E-state index is -0.463. The van der Waals surface area contributed by atoms with Crippen LogP contribution in [0.25, 0.3) is 0 Å². The van der Waals surface area contributed by atoms with Crippen LogP contribution in [0.2, 0.25) is 0 Å². The largest absolute Gasteiger partial charge is 0.453 e.